The van der Waals surface area contributed by atoms with Crippen LogP contribution in [0.4, 0.5) is 4.79 Å². The molecule has 1 atom stereocenters. The van der Waals surface area contributed by atoms with Gasteiger partial charge in [0.2, 0.25) is 0 Å². The van der Waals surface area contributed by atoms with E-state index in [1.54, 1.807) is 18.2 Å². The fraction of sp³-hybridized carbons (Fsp3) is 0.333. The van der Waals surface area contributed by atoms with Gasteiger partial charge < -0.3 is 9.84 Å². The summed E-state index contributed by atoms with van der Waals surface area (Å²) >= 11 is 2.92. The van der Waals surface area contributed by atoms with Crippen molar-refractivity contribution in [3.05, 3.63) is 26.2 Å². The number of hydrogen-bond donors (Lipinski definition) is 1. The van der Waals surface area contributed by atoms with Crippen LogP contribution in [-0.4, -0.2) is 34.3 Å². The zero-order valence-corrected chi connectivity index (χ0v) is 15.4. The van der Waals surface area contributed by atoms with Crippen molar-refractivity contribution in [2.24, 2.45) is 0 Å². The van der Waals surface area contributed by atoms with Crippen LogP contribution in [0.5, 0.6) is 11.5 Å². The maximum Gasteiger partial charge on any atom is 0.293 e. The summed E-state index contributed by atoms with van der Waals surface area (Å²) in [6.07, 6.45) is 2.37. The first-order valence-electron chi connectivity index (χ1n) is 6.72. The molecule has 5 nitrogen and oxygen atoms in total. The lowest BCUT2D eigenvalue weighted by Crippen LogP contribution is -2.36. The van der Waals surface area contributed by atoms with E-state index in [2.05, 4.69) is 0 Å². The molecular formula is C15H16INO4S. The van der Waals surface area contributed by atoms with Gasteiger partial charge in [0.1, 0.15) is 0 Å². The second-order valence-electron chi connectivity index (χ2n) is 4.86. The molecule has 0 aliphatic carbocycles. The van der Waals surface area contributed by atoms with Crippen molar-refractivity contribution in [2.45, 2.75) is 26.3 Å². The van der Waals surface area contributed by atoms with Crippen LogP contribution < -0.4 is 4.74 Å². The molecule has 0 radical (unpaired) electrons. The van der Waals surface area contributed by atoms with Gasteiger partial charge in [-0.15, -0.1) is 0 Å². The van der Waals surface area contributed by atoms with E-state index in [-0.39, 0.29) is 22.9 Å². The van der Waals surface area contributed by atoms with Gasteiger partial charge in [-0.2, -0.15) is 0 Å². The summed E-state index contributed by atoms with van der Waals surface area (Å²) in [5, 5.41) is 9.59. The number of imide groups is 1. The smallest absolute Gasteiger partial charge is 0.293 e. The molecule has 1 aliphatic rings. The third kappa shape index (κ3) is 3.24. The van der Waals surface area contributed by atoms with Crippen LogP contribution in [0.15, 0.2) is 17.0 Å². The molecule has 0 saturated carbocycles. The lowest BCUT2D eigenvalue weighted by Gasteiger charge is -2.19. The van der Waals surface area contributed by atoms with E-state index in [4.69, 9.17) is 4.74 Å². The zero-order valence-electron chi connectivity index (χ0n) is 12.4. The van der Waals surface area contributed by atoms with Crippen molar-refractivity contribution < 1.29 is 19.4 Å². The van der Waals surface area contributed by atoms with Crippen LogP contribution >= 0.6 is 34.4 Å². The average molecular weight is 433 g/mol. The van der Waals surface area contributed by atoms with Gasteiger partial charge in [0.15, 0.2) is 11.5 Å². The number of aromatic hydroxyl groups is 1. The highest BCUT2D eigenvalue weighted by Crippen LogP contribution is 2.37. The Kier molecular flexibility index (Phi) is 5.38. The van der Waals surface area contributed by atoms with Crippen molar-refractivity contribution in [2.75, 3.05) is 7.11 Å². The number of amides is 2. The summed E-state index contributed by atoms with van der Waals surface area (Å²) in [7, 11) is 1.46. The van der Waals surface area contributed by atoms with Crippen molar-refractivity contribution in [1.82, 2.24) is 4.90 Å². The molecule has 1 aromatic rings. The van der Waals surface area contributed by atoms with Crippen LogP contribution in [0.1, 0.15) is 25.8 Å². The molecule has 7 heteroatoms. The molecule has 2 amide bonds. The third-order valence-electron chi connectivity index (χ3n) is 3.42. The quantitative estimate of drug-likeness (QED) is 0.578. The predicted molar refractivity (Wildman–Crippen MR) is 94.9 cm³/mol. The summed E-state index contributed by atoms with van der Waals surface area (Å²) in [5.41, 5.74) is 0.703. The van der Waals surface area contributed by atoms with Crippen molar-refractivity contribution in [3.8, 4) is 11.5 Å². The number of benzene rings is 1. The lowest BCUT2D eigenvalue weighted by molar-refractivity contribution is -0.124. The number of nitrogens with zero attached hydrogens (tertiary/aromatic N) is 1. The van der Waals surface area contributed by atoms with E-state index >= 15 is 0 Å². The average Bonchev–Trinajstić information content (AvgIpc) is 2.76. The molecule has 1 saturated heterocycles. The zero-order chi connectivity index (χ0) is 16.4. The normalized spacial score (nSPS) is 18.2. The summed E-state index contributed by atoms with van der Waals surface area (Å²) in [6.45, 7) is 3.79. The maximum atomic E-state index is 12.4. The highest BCUT2D eigenvalue weighted by molar-refractivity contribution is 14.1. The van der Waals surface area contributed by atoms with Gasteiger partial charge >= 0.3 is 0 Å². The number of carbonyl (C=O) groups is 2. The summed E-state index contributed by atoms with van der Waals surface area (Å²) in [6, 6.07) is 3.25. The van der Waals surface area contributed by atoms with Crippen LogP contribution in [0, 0.1) is 3.57 Å². The molecular weight excluding hydrogens is 417 g/mol. The maximum absolute atomic E-state index is 12.4. The molecule has 0 aromatic heterocycles. The Hall–Kier alpha value is -1.22. The van der Waals surface area contributed by atoms with Gasteiger partial charge in [-0.1, -0.05) is 6.92 Å². The third-order valence-corrected chi connectivity index (χ3v) is 5.13. The molecule has 1 aromatic carbocycles. The van der Waals surface area contributed by atoms with E-state index in [9.17, 15) is 14.7 Å². The lowest BCUT2D eigenvalue weighted by atomic mass is 10.1. The Morgan fingerprint density at radius 3 is 2.73 bits per heavy atom. The molecule has 2 rings (SSSR count). The molecule has 1 unspecified atom stereocenters. The van der Waals surface area contributed by atoms with E-state index < -0.39 is 0 Å². The van der Waals surface area contributed by atoms with Gasteiger partial charge in [-0.25, -0.2) is 0 Å². The van der Waals surface area contributed by atoms with Gasteiger partial charge in [-0.05, 0) is 71.5 Å². The molecule has 1 aliphatic heterocycles. The van der Waals surface area contributed by atoms with E-state index in [0.29, 0.717) is 19.8 Å². The van der Waals surface area contributed by atoms with Crippen molar-refractivity contribution >= 4 is 51.6 Å². The first kappa shape index (κ1) is 17.1. The largest absolute Gasteiger partial charge is 0.504 e. The number of carbonyl (C=O) groups excluding carboxylic acids is 2. The fourth-order valence-electron chi connectivity index (χ4n) is 2.03. The van der Waals surface area contributed by atoms with Gasteiger partial charge in [-0.3, -0.25) is 14.5 Å². The second kappa shape index (κ2) is 6.91. The molecule has 118 valence electrons. The minimum atomic E-state index is -0.272. The van der Waals surface area contributed by atoms with Gasteiger partial charge in [0.05, 0.1) is 15.6 Å². The highest BCUT2D eigenvalue weighted by atomic mass is 127. The second-order valence-corrected chi connectivity index (χ2v) is 7.02. The number of methoxy groups -OCH3 is 1. The van der Waals surface area contributed by atoms with E-state index in [1.165, 1.54) is 12.0 Å². The van der Waals surface area contributed by atoms with Gasteiger partial charge in [0, 0.05) is 6.04 Å². The predicted octanol–water partition coefficient (Wildman–Crippen LogP) is 3.84. The fourth-order valence-corrected chi connectivity index (χ4v) is 3.58. The van der Waals surface area contributed by atoms with Crippen LogP contribution in [0.3, 0.4) is 0 Å². The number of phenolic OH excluding ortho intramolecular Hbond substituents is 1. The standard InChI is InChI=1S/C15H16INO4S/c1-4-8(2)17-14(19)12(22-15(17)20)7-9-5-10(16)13(18)11(6-9)21-3/h5-8,18H,4H2,1-3H3/b12-7+. The SMILES string of the molecule is CCC(C)N1C(=O)S/C(=C/c2cc(I)c(O)c(OC)c2)C1=O. The molecule has 0 bridgehead atoms. The number of ether oxygens (including phenoxy) is 1. The van der Waals surface area contributed by atoms with Gasteiger partial charge in [0.25, 0.3) is 11.1 Å². The molecule has 22 heavy (non-hydrogen) atoms. The van der Waals surface area contributed by atoms with Crippen molar-refractivity contribution in [3.63, 3.8) is 0 Å². The highest BCUT2D eigenvalue weighted by Gasteiger charge is 2.37. The number of phenols is 1. The molecule has 0 spiro atoms. The van der Waals surface area contributed by atoms with Crippen LogP contribution in [-0.2, 0) is 4.79 Å². The summed E-state index contributed by atoms with van der Waals surface area (Å²) in [5.74, 6) is 0.124. The first-order chi connectivity index (χ1) is 10.4. The van der Waals surface area contributed by atoms with Crippen molar-refractivity contribution in [1.29, 1.82) is 0 Å². The number of hydrogen-bond acceptors (Lipinski definition) is 5. The first-order valence-corrected chi connectivity index (χ1v) is 8.62. The number of halogens is 1. The van der Waals surface area contributed by atoms with Crippen LogP contribution in [0.2, 0.25) is 0 Å². The Labute approximate surface area is 146 Å². The Morgan fingerprint density at radius 2 is 2.14 bits per heavy atom. The minimum absolute atomic E-state index is 0.0629. The Balaban J connectivity index is 2.37. The van der Waals surface area contributed by atoms with E-state index in [1.807, 2.05) is 36.4 Å². The van der Waals surface area contributed by atoms with Crippen LogP contribution in [0.25, 0.3) is 6.08 Å². The van der Waals surface area contributed by atoms with E-state index in [0.717, 1.165) is 18.2 Å². The molecule has 1 N–H and O–H groups in total. The monoisotopic (exact) mass is 433 g/mol. The molecule has 1 fully saturated rings. The number of rotatable bonds is 4. The Bertz CT molecular complexity index is 659. The minimum Gasteiger partial charge on any atom is -0.504 e. The topological polar surface area (TPSA) is 66.8 Å². The Morgan fingerprint density at radius 1 is 1.45 bits per heavy atom. The number of thioether (sulfide) groups is 1. The molecule has 1 heterocycles. The summed E-state index contributed by atoms with van der Waals surface area (Å²) < 4.78 is 5.72. The summed E-state index contributed by atoms with van der Waals surface area (Å²) in [4.78, 5) is 26.0.